The second-order valence-corrected chi connectivity index (χ2v) is 4.88. The molecule has 2 aromatic rings. The maximum atomic E-state index is 11.3. The number of hydrogen-bond acceptors (Lipinski definition) is 6. The van der Waals surface area contributed by atoms with Gasteiger partial charge in [-0.25, -0.2) is 10.8 Å². The number of nitrogens with zero attached hydrogens (tertiary/aromatic N) is 3. The summed E-state index contributed by atoms with van der Waals surface area (Å²) in [7, 11) is 2.00. The molecule has 0 atom stereocenters. The van der Waals surface area contributed by atoms with Crippen LogP contribution in [-0.2, 0) is 13.1 Å². The number of thiazole rings is 1. The Morgan fingerprint density at radius 3 is 2.74 bits per heavy atom. The van der Waals surface area contributed by atoms with Crippen molar-refractivity contribution in [3.05, 3.63) is 46.2 Å². The molecule has 6 nitrogen and oxygen atoms in total. The van der Waals surface area contributed by atoms with E-state index in [4.69, 9.17) is 5.84 Å². The van der Waals surface area contributed by atoms with Crippen molar-refractivity contribution in [3.8, 4) is 0 Å². The van der Waals surface area contributed by atoms with Gasteiger partial charge in [0.15, 0.2) is 0 Å². The van der Waals surface area contributed by atoms with E-state index in [1.807, 2.05) is 24.0 Å². The van der Waals surface area contributed by atoms with Crippen LogP contribution in [-0.4, -0.2) is 27.8 Å². The van der Waals surface area contributed by atoms with Crippen LogP contribution in [0.15, 0.2) is 29.2 Å². The first-order valence-corrected chi connectivity index (χ1v) is 6.65. The molecule has 0 aliphatic heterocycles. The van der Waals surface area contributed by atoms with Gasteiger partial charge in [-0.15, -0.1) is 11.3 Å². The molecular weight excluding hydrogens is 262 g/mol. The number of aromatic nitrogens is 2. The lowest BCUT2D eigenvalue weighted by atomic mass is 10.2. The van der Waals surface area contributed by atoms with E-state index in [0.717, 1.165) is 17.9 Å². The summed E-state index contributed by atoms with van der Waals surface area (Å²) in [5.74, 6) is 4.72. The Morgan fingerprint density at radius 2 is 2.16 bits per heavy atom. The first-order chi connectivity index (χ1) is 9.19. The van der Waals surface area contributed by atoms with E-state index in [2.05, 4.69) is 20.3 Å². The molecular formula is C12H15N5OS. The number of amides is 1. The maximum absolute atomic E-state index is 11.3. The van der Waals surface area contributed by atoms with Gasteiger partial charge in [-0.2, -0.15) is 0 Å². The number of carbonyl (C=O) groups is 1. The fourth-order valence-electron chi connectivity index (χ4n) is 1.66. The van der Waals surface area contributed by atoms with Crippen LogP contribution in [0.1, 0.15) is 21.7 Å². The van der Waals surface area contributed by atoms with E-state index in [1.54, 1.807) is 17.4 Å². The van der Waals surface area contributed by atoms with Gasteiger partial charge >= 0.3 is 0 Å². The Morgan fingerprint density at radius 1 is 1.37 bits per heavy atom. The summed E-state index contributed by atoms with van der Waals surface area (Å²) in [4.78, 5) is 21.9. The van der Waals surface area contributed by atoms with E-state index in [-0.39, 0.29) is 5.91 Å². The van der Waals surface area contributed by atoms with Crippen LogP contribution in [0.2, 0.25) is 0 Å². The maximum Gasteiger partial charge on any atom is 0.266 e. The minimum Gasteiger partial charge on any atom is -0.295 e. The van der Waals surface area contributed by atoms with Gasteiger partial charge in [-0.05, 0) is 19.2 Å². The number of hydrazine groups is 1. The third-order valence-electron chi connectivity index (χ3n) is 2.57. The van der Waals surface area contributed by atoms with Crippen LogP contribution in [0, 0.1) is 0 Å². The zero-order chi connectivity index (χ0) is 13.7. The summed E-state index contributed by atoms with van der Waals surface area (Å²) in [6.07, 6.45) is 1.52. The topological polar surface area (TPSA) is 84.1 Å². The zero-order valence-electron chi connectivity index (χ0n) is 10.5. The molecule has 0 unspecified atom stereocenters. The molecule has 0 aliphatic carbocycles. The van der Waals surface area contributed by atoms with Crippen LogP contribution < -0.4 is 11.3 Å². The molecule has 7 heteroatoms. The Hall–Kier alpha value is -1.83. The highest BCUT2D eigenvalue weighted by Gasteiger charge is 2.06. The normalized spacial score (nSPS) is 10.7. The number of nitrogens with one attached hydrogen (secondary N) is 1. The second-order valence-electron chi connectivity index (χ2n) is 4.16. The number of pyridine rings is 1. The summed E-state index contributed by atoms with van der Waals surface area (Å²) in [6, 6.07) is 3.53. The monoisotopic (exact) mass is 277 g/mol. The molecule has 0 bridgehead atoms. The van der Waals surface area contributed by atoms with Crippen molar-refractivity contribution in [1.29, 1.82) is 0 Å². The van der Waals surface area contributed by atoms with E-state index in [1.165, 1.54) is 6.20 Å². The average molecular weight is 277 g/mol. The van der Waals surface area contributed by atoms with Crippen molar-refractivity contribution in [2.45, 2.75) is 13.1 Å². The Kier molecular flexibility index (Phi) is 4.56. The largest absolute Gasteiger partial charge is 0.295 e. The van der Waals surface area contributed by atoms with Crippen LogP contribution in [0.3, 0.4) is 0 Å². The van der Waals surface area contributed by atoms with Gasteiger partial charge < -0.3 is 0 Å². The molecule has 0 spiro atoms. The highest BCUT2D eigenvalue weighted by Crippen LogP contribution is 2.07. The van der Waals surface area contributed by atoms with Crippen molar-refractivity contribution in [2.24, 2.45) is 5.84 Å². The van der Waals surface area contributed by atoms with Crippen LogP contribution in [0.4, 0.5) is 0 Å². The zero-order valence-corrected chi connectivity index (χ0v) is 11.4. The number of nitrogen functional groups attached to an aromatic ring is 1. The van der Waals surface area contributed by atoms with E-state index < -0.39 is 0 Å². The summed E-state index contributed by atoms with van der Waals surface area (Å²) in [5, 5.41) is 2.03. The molecule has 2 heterocycles. The van der Waals surface area contributed by atoms with Crippen LogP contribution in [0.25, 0.3) is 0 Å². The highest BCUT2D eigenvalue weighted by molar-refractivity contribution is 7.07. The van der Waals surface area contributed by atoms with Crippen molar-refractivity contribution < 1.29 is 4.79 Å². The molecule has 1 amide bonds. The molecule has 2 aromatic heterocycles. The Balaban J connectivity index is 1.93. The molecule has 100 valence electrons. The molecule has 0 aliphatic rings. The lowest BCUT2D eigenvalue weighted by Gasteiger charge is -2.14. The Labute approximate surface area is 115 Å². The molecule has 0 saturated heterocycles. The quantitative estimate of drug-likeness (QED) is 0.479. The van der Waals surface area contributed by atoms with Gasteiger partial charge in [0.1, 0.15) is 0 Å². The number of hydrogen-bond donors (Lipinski definition) is 2. The van der Waals surface area contributed by atoms with Gasteiger partial charge in [0.2, 0.25) is 0 Å². The number of carbonyl (C=O) groups excluding carboxylic acids is 1. The smallest absolute Gasteiger partial charge is 0.266 e. The van der Waals surface area contributed by atoms with Crippen molar-refractivity contribution >= 4 is 17.2 Å². The number of nitrogens with two attached hydrogens (primary N) is 1. The number of rotatable bonds is 5. The second kappa shape index (κ2) is 6.37. The van der Waals surface area contributed by atoms with Gasteiger partial charge in [0.05, 0.1) is 22.5 Å². The van der Waals surface area contributed by atoms with Crippen LogP contribution in [0.5, 0.6) is 0 Å². The molecule has 3 N–H and O–H groups in total. The summed E-state index contributed by atoms with van der Waals surface area (Å²) < 4.78 is 0. The fourth-order valence-corrected chi connectivity index (χ4v) is 2.21. The fraction of sp³-hybridized carbons (Fsp3) is 0.250. The summed E-state index contributed by atoms with van der Waals surface area (Å²) in [6.45, 7) is 1.47. The van der Waals surface area contributed by atoms with E-state index >= 15 is 0 Å². The molecule has 0 aromatic carbocycles. The molecule has 0 saturated carbocycles. The lowest BCUT2D eigenvalue weighted by Crippen LogP contribution is -2.30. The Bertz CT molecular complexity index is 526. The average Bonchev–Trinajstić information content (AvgIpc) is 2.91. The van der Waals surface area contributed by atoms with E-state index in [9.17, 15) is 4.79 Å². The third-order valence-corrected chi connectivity index (χ3v) is 3.20. The molecule has 2 rings (SSSR count). The van der Waals surface area contributed by atoms with Crippen molar-refractivity contribution in [2.75, 3.05) is 7.05 Å². The highest BCUT2D eigenvalue weighted by atomic mass is 32.1. The standard InChI is InChI=1S/C12H15N5OS/c1-17(6-11-7-19-8-15-11)5-10-3-2-9(4-14-10)12(18)16-13/h2-4,7-8H,5-6,13H2,1H3,(H,16,18). The minimum atomic E-state index is -0.338. The lowest BCUT2D eigenvalue weighted by molar-refractivity contribution is 0.0953. The first kappa shape index (κ1) is 13.6. The molecule has 0 fully saturated rings. The molecule has 0 radical (unpaired) electrons. The molecule has 19 heavy (non-hydrogen) atoms. The first-order valence-electron chi connectivity index (χ1n) is 5.70. The SMILES string of the molecule is CN(Cc1ccc(C(=O)NN)cn1)Cc1cscn1. The predicted octanol–water partition coefficient (Wildman–Crippen LogP) is 0.774. The minimum absolute atomic E-state index is 0.338. The summed E-state index contributed by atoms with van der Waals surface area (Å²) in [5.41, 5.74) is 6.29. The van der Waals surface area contributed by atoms with Crippen molar-refractivity contribution in [3.63, 3.8) is 0 Å². The van der Waals surface area contributed by atoms with Crippen molar-refractivity contribution in [1.82, 2.24) is 20.3 Å². The van der Waals surface area contributed by atoms with Gasteiger partial charge in [-0.3, -0.25) is 20.1 Å². The van der Waals surface area contributed by atoms with Gasteiger partial charge in [0, 0.05) is 24.7 Å². The van der Waals surface area contributed by atoms with Gasteiger partial charge in [0.25, 0.3) is 5.91 Å². The van der Waals surface area contributed by atoms with Crippen LogP contribution >= 0.6 is 11.3 Å². The predicted molar refractivity (Wildman–Crippen MR) is 73.2 cm³/mol. The summed E-state index contributed by atoms with van der Waals surface area (Å²) >= 11 is 1.59. The van der Waals surface area contributed by atoms with Gasteiger partial charge in [-0.1, -0.05) is 0 Å². The van der Waals surface area contributed by atoms with E-state index in [0.29, 0.717) is 12.1 Å². The third kappa shape index (κ3) is 3.82.